The third kappa shape index (κ3) is 11.0. The van der Waals surface area contributed by atoms with Gasteiger partial charge in [-0.05, 0) is 42.7 Å². The molecule has 1 aromatic heterocycles. The molecule has 0 radical (unpaired) electrons. The Kier molecular flexibility index (Phi) is 17.2. The van der Waals surface area contributed by atoms with Crippen LogP contribution in [0.1, 0.15) is 115 Å². The maximum Gasteiger partial charge on any atom is 0.416 e. The fourth-order valence-electron chi connectivity index (χ4n) is 3.81. The average Bonchev–Trinajstić information content (AvgIpc) is 3.07. The molecule has 214 valence electrons. The molecule has 0 amide bonds. The molecule has 0 spiro atoms. The molecular weight excluding hydrogens is 490 g/mol. The van der Waals surface area contributed by atoms with E-state index in [4.69, 9.17) is 5.73 Å². The van der Waals surface area contributed by atoms with Crippen LogP contribution in [0.25, 0.3) is 5.70 Å². The molecule has 2 aromatic rings. The number of aryl methyl sites for hydroxylation is 1. The monoisotopic (exact) mass is 537 g/mol. The molecule has 0 saturated carbocycles. The van der Waals surface area contributed by atoms with E-state index in [0.29, 0.717) is 22.9 Å². The number of pyridine rings is 1. The van der Waals surface area contributed by atoms with Crippen molar-refractivity contribution in [1.29, 1.82) is 0 Å². The zero-order valence-electron chi connectivity index (χ0n) is 24.5. The number of nitrogens with zero attached hydrogens (tertiary/aromatic N) is 2. The van der Waals surface area contributed by atoms with Crippen molar-refractivity contribution in [2.24, 2.45) is 16.6 Å². The van der Waals surface area contributed by atoms with Crippen LogP contribution in [0.2, 0.25) is 0 Å². The fraction of sp³-hybridized carbons (Fsp3) is 0.548. The highest BCUT2D eigenvalue weighted by Crippen LogP contribution is 2.33. The summed E-state index contributed by atoms with van der Waals surface area (Å²) in [5.41, 5.74) is 6.95. The topological polar surface area (TPSA) is 51.3 Å². The van der Waals surface area contributed by atoms with Gasteiger partial charge in [0.1, 0.15) is 5.82 Å². The molecule has 3 rings (SSSR count). The van der Waals surface area contributed by atoms with Crippen molar-refractivity contribution in [1.82, 2.24) is 4.98 Å². The Morgan fingerprint density at radius 3 is 2.21 bits per heavy atom. The molecular formula is C31H47F4N3. The highest BCUT2D eigenvalue weighted by atomic mass is 19.4. The van der Waals surface area contributed by atoms with Gasteiger partial charge in [0.25, 0.3) is 0 Å². The Hall–Kier alpha value is -2.70. The van der Waals surface area contributed by atoms with Crippen LogP contribution in [0, 0.1) is 18.7 Å². The third-order valence-corrected chi connectivity index (χ3v) is 6.05. The minimum atomic E-state index is -4.61. The minimum Gasteiger partial charge on any atom is -0.398 e. The second-order valence-electron chi connectivity index (χ2n) is 8.78. The van der Waals surface area contributed by atoms with E-state index in [-0.39, 0.29) is 23.4 Å². The number of aliphatic imine (C=N–C) groups is 1. The van der Waals surface area contributed by atoms with Gasteiger partial charge in [-0.1, -0.05) is 87.0 Å². The number of halogens is 4. The Balaban J connectivity index is 0.000000827. The van der Waals surface area contributed by atoms with Crippen molar-refractivity contribution in [3.05, 3.63) is 70.3 Å². The van der Waals surface area contributed by atoms with Gasteiger partial charge in [-0.25, -0.2) is 4.39 Å². The molecule has 2 N–H and O–H groups in total. The lowest BCUT2D eigenvalue weighted by Crippen LogP contribution is -2.14. The number of fused-ring (bicyclic) bond motifs is 1. The van der Waals surface area contributed by atoms with Crippen LogP contribution >= 0.6 is 0 Å². The van der Waals surface area contributed by atoms with Gasteiger partial charge < -0.3 is 5.73 Å². The number of nitrogens with two attached hydrogens (primary N) is 1. The second-order valence-corrected chi connectivity index (χ2v) is 8.78. The lowest BCUT2D eigenvalue weighted by Gasteiger charge is -2.15. The van der Waals surface area contributed by atoms with Crippen molar-refractivity contribution >= 4 is 11.4 Å². The number of unbranched alkanes of at least 4 members (excludes halogenated alkanes) is 3. The molecule has 7 heteroatoms. The van der Waals surface area contributed by atoms with Crippen LogP contribution in [0.3, 0.4) is 0 Å². The number of hydrogen-bond donors (Lipinski definition) is 1. The maximum atomic E-state index is 14.5. The van der Waals surface area contributed by atoms with E-state index in [9.17, 15) is 17.6 Å². The summed E-state index contributed by atoms with van der Waals surface area (Å²) >= 11 is 0. The van der Waals surface area contributed by atoms with Gasteiger partial charge in [-0.3, -0.25) is 9.98 Å². The third-order valence-electron chi connectivity index (χ3n) is 6.05. The van der Waals surface area contributed by atoms with E-state index >= 15 is 0 Å². The van der Waals surface area contributed by atoms with Crippen LogP contribution < -0.4 is 5.73 Å². The number of alkyl halides is 3. The molecule has 1 atom stereocenters. The quantitative estimate of drug-likeness (QED) is 0.282. The normalized spacial score (nSPS) is 13.1. The first-order valence-corrected chi connectivity index (χ1v) is 13.9. The summed E-state index contributed by atoms with van der Waals surface area (Å²) in [6.07, 6.45) is 8.56. The van der Waals surface area contributed by atoms with E-state index in [0.717, 1.165) is 12.0 Å². The molecule has 0 saturated heterocycles. The SMILES string of the molecule is CC.CC.CCCCCCC(C)CC.Cc1cc(C(F)(F)F)cc(F)c1C1=NCC=C(N)c2cnccc21. The van der Waals surface area contributed by atoms with Gasteiger partial charge >= 0.3 is 6.18 Å². The summed E-state index contributed by atoms with van der Waals surface area (Å²) in [6, 6.07) is 3.04. The number of hydrogen-bond acceptors (Lipinski definition) is 3. The molecule has 0 bridgehead atoms. The zero-order valence-corrected chi connectivity index (χ0v) is 24.5. The van der Waals surface area contributed by atoms with Crippen LogP contribution in [0.5, 0.6) is 0 Å². The lowest BCUT2D eigenvalue weighted by molar-refractivity contribution is -0.137. The zero-order chi connectivity index (χ0) is 29.3. The van der Waals surface area contributed by atoms with Crippen LogP contribution in [-0.2, 0) is 6.18 Å². The van der Waals surface area contributed by atoms with Crippen molar-refractivity contribution in [3.8, 4) is 0 Å². The van der Waals surface area contributed by atoms with Gasteiger partial charge in [0.15, 0.2) is 0 Å². The van der Waals surface area contributed by atoms with E-state index in [1.165, 1.54) is 57.8 Å². The Morgan fingerprint density at radius 2 is 1.66 bits per heavy atom. The molecule has 0 aliphatic carbocycles. The summed E-state index contributed by atoms with van der Waals surface area (Å²) in [5, 5.41) is 0. The second kappa shape index (κ2) is 18.5. The van der Waals surface area contributed by atoms with E-state index < -0.39 is 17.6 Å². The Morgan fingerprint density at radius 1 is 1.00 bits per heavy atom. The predicted octanol–water partition coefficient (Wildman–Crippen LogP) is 9.75. The largest absolute Gasteiger partial charge is 0.416 e. The highest BCUT2D eigenvalue weighted by Gasteiger charge is 2.33. The standard InChI is InChI=1S/C17H13F4N3.C10H22.2C2H6/c1-9-6-10(17(19,20)21)7-13(18)15(9)16-11-2-4-23-8-12(11)14(22)3-5-24-16;1-4-6-7-8-9-10(3)5-2;2*1-2/h2-4,6-8H,5,22H2,1H3;10H,4-9H2,1-3H3;2*1-2H3. The highest BCUT2D eigenvalue weighted by molar-refractivity contribution is 6.16. The first-order valence-electron chi connectivity index (χ1n) is 13.9. The van der Waals surface area contributed by atoms with E-state index in [1.54, 1.807) is 12.1 Å². The van der Waals surface area contributed by atoms with Gasteiger partial charge in [0, 0.05) is 34.8 Å². The molecule has 2 heterocycles. The molecule has 1 aliphatic rings. The number of rotatable bonds is 7. The average molecular weight is 538 g/mol. The van der Waals surface area contributed by atoms with E-state index in [1.807, 2.05) is 27.7 Å². The first-order chi connectivity index (χ1) is 18.1. The molecule has 0 fully saturated rings. The van der Waals surface area contributed by atoms with E-state index in [2.05, 4.69) is 30.7 Å². The van der Waals surface area contributed by atoms with Crippen molar-refractivity contribution in [3.63, 3.8) is 0 Å². The van der Waals surface area contributed by atoms with Gasteiger partial charge in [-0.2, -0.15) is 13.2 Å². The van der Waals surface area contributed by atoms with Gasteiger partial charge in [-0.15, -0.1) is 0 Å². The number of benzene rings is 1. The smallest absolute Gasteiger partial charge is 0.398 e. The number of aromatic nitrogens is 1. The summed E-state index contributed by atoms with van der Waals surface area (Å²) in [4.78, 5) is 8.30. The molecule has 3 nitrogen and oxygen atoms in total. The van der Waals surface area contributed by atoms with Crippen LogP contribution in [0.4, 0.5) is 17.6 Å². The molecule has 1 aromatic carbocycles. The minimum absolute atomic E-state index is 0.0403. The van der Waals surface area contributed by atoms with Gasteiger partial charge in [0.2, 0.25) is 0 Å². The summed E-state index contributed by atoms with van der Waals surface area (Å²) in [7, 11) is 0. The fourth-order valence-corrected chi connectivity index (χ4v) is 3.81. The predicted molar refractivity (Wildman–Crippen MR) is 154 cm³/mol. The van der Waals surface area contributed by atoms with Crippen LogP contribution in [0.15, 0.2) is 41.7 Å². The molecule has 38 heavy (non-hydrogen) atoms. The van der Waals surface area contributed by atoms with Gasteiger partial charge in [0.05, 0.1) is 17.8 Å². The Labute approximate surface area is 227 Å². The summed E-state index contributed by atoms with van der Waals surface area (Å²) in [6.45, 7) is 16.5. The summed E-state index contributed by atoms with van der Waals surface area (Å²) < 4.78 is 53.0. The lowest BCUT2D eigenvalue weighted by atomic mass is 9.93. The van der Waals surface area contributed by atoms with Crippen LogP contribution in [-0.4, -0.2) is 17.2 Å². The molecule has 1 aliphatic heterocycles. The van der Waals surface area contributed by atoms with Crippen molar-refractivity contribution in [2.75, 3.05) is 6.54 Å². The van der Waals surface area contributed by atoms with Crippen molar-refractivity contribution in [2.45, 2.75) is 100 Å². The first kappa shape index (κ1) is 35.3. The van der Waals surface area contributed by atoms with Crippen molar-refractivity contribution < 1.29 is 17.6 Å². The molecule has 1 unspecified atom stereocenters. The summed E-state index contributed by atoms with van der Waals surface area (Å²) in [5.74, 6) is -0.0128. The maximum absolute atomic E-state index is 14.5. The Bertz CT molecular complexity index is 987.